The highest BCUT2D eigenvalue weighted by atomic mass is 16.2. The largest absolute Gasteiger partial charge is 0.324 e. The summed E-state index contributed by atoms with van der Waals surface area (Å²) >= 11 is 0. The van der Waals surface area contributed by atoms with Gasteiger partial charge in [0.2, 0.25) is 5.91 Å². The predicted molar refractivity (Wildman–Crippen MR) is 63.9 cm³/mol. The Bertz CT molecular complexity index is 455. The summed E-state index contributed by atoms with van der Waals surface area (Å²) < 4.78 is 0. The van der Waals surface area contributed by atoms with Crippen molar-refractivity contribution in [3.05, 3.63) is 29.3 Å². The fraction of sp³-hybridized carbons (Fsp3) is 0.385. The number of benzene rings is 1. The lowest BCUT2D eigenvalue weighted by Crippen LogP contribution is -2.29. The zero-order valence-electron chi connectivity index (χ0n) is 10.1. The van der Waals surface area contributed by atoms with Crippen molar-refractivity contribution in [2.75, 3.05) is 5.32 Å². The average molecular weight is 216 g/mol. The van der Waals surface area contributed by atoms with E-state index in [1.807, 2.05) is 38.1 Å². The van der Waals surface area contributed by atoms with Crippen molar-refractivity contribution in [3.8, 4) is 6.07 Å². The van der Waals surface area contributed by atoms with Crippen molar-refractivity contribution in [3.63, 3.8) is 0 Å². The van der Waals surface area contributed by atoms with Crippen molar-refractivity contribution < 1.29 is 4.79 Å². The summed E-state index contributed by atoms with van der Waals surface area (Å²) in [6.45, 7) is 7.14. The minimum absolute atomic E-state index is 0.276. The maximum atomic E-state index is 11.8. The molecule has 0 saturated heterocycles. The second kappa shape index (κ2) is 4.36. The van der Waals surface area contributed by atoms with Crippen LogP contribution in [0, 0.1) is 30.6 Å². The Kier molecular flexibility index (Phi) is 3.34. The highest BCUT2D eigenvalue weighted by Crippen LogP contribution is 2.20. The van der Waals surface area contributed by atoms with Gasteiger partial charge in [0, 0.05) is 5.69 Å². The van der Waals surface area contributed by atoms with E-state index in [2.05, 4.69) is 5.32 Å². The fourth-order valence-electron chi connectivity index (χ4n) is 1.28. The Hall–Kier alpha value is -1.82. The summed E-state index contributed by atoms with van der Waals surface area (Å²) in [5.74, 6) is -0.276. The minimum Gasteiger partial charge on any atom is -0.324 e. The summed E-state index contributed by atoms with van der Waals surface area (Å²) in [5, 5.41) is 11.6. The van der Waals surface area contributed by atoms with Crippen LogP contribution in [0.5, 0.6) is 0 Å². The topological polar surface area (TPSA) is 52.9 Å². The maximum absolute atomic E-state index is 11.8. The molecule has 0 atom stereocenters. The van der Waals surface area contributed by atoms with Crippen LogP contribution in [0.25, 0.3) is 0 Å². The van der Waals surface area contributed by atoms with Crippen LogP contribution in [-0.4, -0.2) is 5.91 Å². The molecule has 1 N–H and O–H groups in total. The number of anilines is 1. The standard InChI is InChI=1S/C13H16N2O/c1-9-5-6-11(10(2)7-9)15-12(16)13(3,4)8-14/h5-7H,1-4H3,(H,15,16). The molecule has 1 aromatic rings. The Labute approximate surface area is 96.1 Å². The lowest BCUT2D eigenvalue weighted by Gasteiger charge is -2.16. The van der Waals surface area contributed by atoms with Gasteiger partial charge in [0.25, 0.3) is 0 Å². The van der Waals surface area contributed by atoms with Gasteiger partial charge < -0.3 is 5.32 Å². The highest BCUT2D eigenvalue weighted by Gasteiger charge is 2.27. The third-order valence-electron chi connectivity index (χ3n) is 2.48. The molecule has 0 heterocycles. The molecule has 0 aliphatic carbocycles. The van der Waals surface area contributed by atoms with Gasteiger partial charge in [0.15, 0.2) is 0 Å². The van der Waals surface area contributed by atoms with Crippen LogP contribution in [0.2, 0.25) is 0 Å². The van der Waals surface area contributed by atoms with Gasteiger partial charge in [-0.05, 0) is 39.3 Å². The second-order valence-electron chi connectivity index (χ2n) is 4.51. The van der Waals surface area contributed by atoms with Gasteiger partial charge in [-0.2, -0.15) is 5.26 Å². The Balaban J connectivity index is 2.91. The number of amides is 1. The zero-order chi connectivity index (χ0) is 12.3. The molecule has 0 bridgehead atoms. The van der Waals surface area contributed by atoms with Gasteiger partial charge in [-0.15, -0.1) is 0 Å². The van der Waals surface area contributed by atoms with Gasteiger partial charge in [-0.1, -0.05) is 17.7 Å². The van der Waals surface area contributed by atoms with Crippen LogP contribution in [0.15, 0.2) is 18.2 Å². The van der Waals surface area contributed by atoms with Gasteiger partial charge in [0.05, 0.1) is 6.07 Å². The molecule has 0 unspecified atom stereocenters. The number of nitriles is 1. The first-order chi connectivity index (χ1) is 7.36. The number of carbonyl (C=O) groups excluding carboxylic acids is 1. The van der Waals surface area contributed by atoms with Crippen LogP contribution in [0.4, 0.5) is 5.69 Å². The van der Waals surface area contributed by atoms with E-state index in [1.54, 1.807) is 13.8 Å². The molecule has 0 radical (unpaired) electrons. The van der Waals surface area contributed by atoms with Gasteiger partial charge >= 0.3 is 0 Å². The van der Waals surface area contributed by atoms with Crippen molar-refractivity contribution in [1.29, 1.82) is 5.26 Å². The Morgan fingerprint density at radius 1 is 1.38 bits per heavy atom. The summed E-state index contributed by atoms with van der Waals surface area (Å²) in [6.07, 6.45) is 0. The average Bonchev–Trinajstić information content (AvgIpc) is 2.22. The molecule has 1 aromatic carbocycles. The third kappa shape index (κ3) is 2.60. The summed E-state index contributed by atoms with van der Waals surface area (Å²) in [6, 6.07) is 7.76. The monoisotopic (exact) mass is 216 g/mol. The summed E-state index contributed by atoms with van der Waals surface area (Å²) in [4.78, 5) is 11.8. The maximum Gasteiger partial charge on any atom is 0.244 e. The molecular weight excluding hydrogens is 200 g/mol. The predicted octanol–water partition coefficient (Wildman–Crippen LogP) is 2.79. The number of carbonyl (C=O) groups is 1. The van der Waals surface area contributed by atoms with Crippen LogP contribution in [0.3, 0.4) is 0 Å². The van der Waals surface area contributed by atoms with Gasteiger partial charge in [0.1, 0.15) is 5.41 Å². The molecule has 1 rings (SSSR count). The SMILES string of the molecule is Cc1ccc(NC(=O)C(C)(C)C#N)c(C)c1. The molecule has 3 heteroatoms. The molecule has 0 saturated carbocycles. The van der Waals surface area contributed by atoms with Crippen molar-refractivity contribution in [2.24, 2.45) is 5.41 Å². The van der Waals surface area contributed by atoms with Gasteiger partial charge in [-0.25, -0.2) is 0 Å². The molecule has 1 amide bonds. The molecule has 0 spiro atoms. The Morgan fingerprint density at radius 2 is 2.00 bits per heavy atom. The highest BCUT2D eigenvalue weighted by molar-refractivity contribution is 5.97. The van der Waals surface area contributed by atoms with E-state index in [4.69, 9.17) is 5.26 Å². The van der Waals surface area contributed by atoms with E-state index in [-0.39, 0.29) is 5.91 Å². The van der Waals surface area contributed by atoms with E-state index in [1.165, 1.54) is 0 Å². The molecule has 16 heavy (non-hydrogen) atoms. The van der Waals surface area contributed by atoms with Crippen LogP contribution in [-0.2, 0) is 4.79 Å². The van der Waals surface area contributed by atoms with E-state index >= 15 is 0 Å². The number of nitrogens with one attached hydrogen (secondary N) is 1. The van der Waals surface area contributed by atoms with Gasteiger partial charge in [-0.3, -0.25) is 4.79 Å². The smallest absolute Gasteiger partial charge is 0.244 e. The molecular formula is C13H16N2O. The van der Waals surface area contributed by atoms with Crippen molar-refractivity contribution in [2.45, 2.75) is 27.7 Å². The third-order valence-corrected chi connectivity index (χ3v) is 2.48. The lowest BCUT2D eigenvalue weighted by atomic mass is 9.94. The Morgan fingerprint density at radius 3 is 2.50 bits per heavy atom. The molecule has 0 fully saturated rings. The van der Waals surface area contributed by atoms with Crippen LogP contribution in [0.1, 0.15) is 25.0 Å². The van der Waals surface area contributed by atoms with Crippen molar-refractivity contribution >= 4 is 11.6 Å². The quantitative estimate of drug-likeness (QED) is 0.826. The van der Waals surface area contributed by atoms with E-state index in [9.17, 15) is 4.79 Å². The second-order valence-corrected chi connectivity index (χ2v) is 4.51. The number of nitrogens with zero attached hydrogens (tertiary/aromatic N) is 1. The lowest BCUT2D eigenvalue weighted by molar-refractivity contribution is -0.121. The number of rotatable bonds is 2. The molecule has 84 valence electrons. The zero-order valence-corrected chi connectivity index (χ0v) is 10.1. The van der Waals surface area contributed by atoms with E-state index in [0.717, 1.165) is 16.8 Å². The summed E-state index contributed by atoms with van der Waals surface area (Å²) in [5.41, 5.74) is 1.91. The first-order valence-corrected chi connectivity index (χ1v) is 5.17. The van der Waals surface area contributed by atoms with Crippen molar-refractivity contribution in [1.82, 2.24) is 0 Å². The van der Waals surface area contributed by atoms with E-state index in [0.29, 0.717) is 0 Å². The normalized spacial score (nSPS) is 10.7. The van der Waals surface area contributed by atoms with Crippen LogP contribution < -0.4 is 5.32 Å². The number of hydrogen-bond donors (Lipinski definition) is 1. The molecule has 0 aromatic heterocycles. The first-order valence-electron chi connectivity index (χ1n) is 5.17. The summed E-state index contributed by atoms with van der Waals surface area (Å²) in [7, 11) is 0. The first kappa shape index (κ1) is 12.3. The van der Waals surface area contributed by atoms with Crippen LogP contribution >= 0.6 is 0 Å². The number of aryl methyl sites for hydroxylation is 2. The number of hydrogen-bond acceptors (Lipinski definition) is 2. The van der Waals surface area contributed by atoms with E-state index < -0.39 is 5.41 Å². The molecule has 0 aliphatic heterocycles. The fourth-order valence-corrected chi connectivity index (χ4v) is 1.28. The molecule has 0 aliphatic rings. The minimum atomic E-state index is -1.00. The molecule has 3 nitrogen and oxygen atoms in total.